The van der Waals surface area contributed by atoms with E-state index in [0.717, 1.165) is 55.9 Å². The van der Waals surface area contributed by atoms with E-state index in [9.17, 15) is 44.4 Å². The number of ketones is 2. The molecule has 131 heavy (non-hydrogen) atoms. The van der Waals surface area contributed by atoms with Gasteiger partial charge in [0.15, 0.2) is 36.2 Å². The summed E-state index contributed by atoms with van der Waals surface area (Å²) in [5.74, 6) is -6.67. The van der Waals surface area contributed by atoms with Crippen molar-refractivity contribution in [2.24, 2.45) is 45.3 Å². The monoisotopic (exact) mass is 1890 g/mol. The summed E-state index contributed by atoms with van der Waals surface area (Å²) < 4.78 is 66.7. The maximum atomic E-state index is 15.4. The molecule has 0 unspecified atom stereocenters. The number of aliphatic hydroxyl groups is 3. The van der Waals surface area contributed by atoms with Gasteiger partial charge in [0.1, 0.15) is 47.2 Å². The third kappa shape index (κ3) is 28.9. The number of ether oxygens (including phenoxy) is 8. The first-order valence-electron chi connectivity index (χ1n) is 45.6. The molecule has 4 bridgehead atoms. The quantitative estimate of drug-likeness (QED) is 0.0324. The summed E-state index contributed by atoms with van der Waals surface area (Å²) in [6.45, 7) is 57.7. The van der Waals surface area contributed by atoms with E-state index < -0.39 is 165 Å². The van der Waals surface area contributed by atoms with Crippen LogP contribution in [0, 0.1) is 52.3 Å². The van der Waals surface area contributed by atoms with Gasteiger partial charge in [-0.3, -0.25) is 24.0 Å². The van der Waals surface area contributed by atoms with Gasteiger partial charge in [-0.1, -0.05) is 265 Å². The predicted molar refractivity (Wildman–Crippen MR) is 535 cm³/mol. The maximum Gasteiger partial charge on any atom is 1.00 e. The summed E-state index contributed by atoms with van der Waals surface area (Å²) >= 11 is 0. The van der Waals surface area contributed by atoms with Gasteiger partial charge in [0.25, 0.3) is 0 Å². The molecule has 4 saturated carbocycles. The number of esters is 5. The molecule has 0 radical (unpaired) electrons. The summed E-state index contributed by atoms with van der Waals surface area (Å²) in [4.78, 5) is 94.1. The van der Waals surface area contributed by atoms with Gasteiger partial charge in [-0.25, -0.2) is 9.59 Å². The zero-order valence-corrected chi connectivity index (χ0v) is 84.8. The van der Waals surface area contributed by atoms with Crippen LogP contribution >= 0.6 is 0 Å². The second-order valence-electron chi connectivity index (χ2n) is 36.0. The number of carbonyl (C=O) groups excluding carboxylic acids is 7. The van der Waals surface area contributed by atoms with Crippen molar-refractivity contribution in [2.45, 2.75) is 436 Å². The molecular weight excluding hydrogens is 1700 g/mol. The largest absolute Gasteiger partial charge is 1.00 e. The third-order valence-electron chi connectivity index (χ3n) is 29.4. The van der Waals surface area contributed by atoms with Crippen molar-refractivity contribution in [1.82, 2.24) is 0 Å². The first-order chi connectivity index (χ1) is 56.8. The van der Waals surface area contributed by atoms with Crippen LogP contribution in [0.2, 0.25) is 54.4 Å². The van der Waals surface area contributed by atoms with Crippen LogP contribution in [-0.4, -0.2) is 194 Å². The average Bonchev–Trinajstić information content (AvgIpc) is 1.16. The van der Waals surface area contributed by atoms with Crippen LogP contribution in [0.1, 0.15) is 331 Å². The number of carbonyl (C=O) groups is 7. The summed E-state index contributed by atoms with van der Waals surface area (Å²) in [5.41, 5.74) is -8.69. The Balaban J connectivity index is -0.000000339. The van der Waals surface area contributed by atoms with Crippen molar-refractivity contribution in [3.8, 4) is 0 Å². The second-order valence-corrected chi connectivity index (χ2v) is 50.3. The molecule has 3 aliphatic heterocycles. The molecule has 9 aliphatic rings. The molecule has 0 amide bonds. The molecule has 22 nitrogen and oxygen atoms in total. The fourth-order valence-electron chi connectivity index (χ4n) is 20.9. The minimum atomic E-state index is -2.35. The van der Waals surface area contributed by atoms with Crippen molar-refractivity contribution in [3.63, 3.8) is 0 Å². The van der Waals surface area contributed by atoms with E-state index in [-0.39, 0.29) is 152 Å². The molecule has 2 aromatic rings. The molecule has 2 aromatic carbocycles. The summed E-state index contributed by atoms with van der Waals surface area (Å²) in [5, 5.41) is 51.6. The number of fused-ring (bicyclic) bond motifs is 10. The Morgan fingerprint density at radius 2 is 0.794 bits per heavy atom. The Labute approximate surface area is 826 Å². The van der Waals surface area contributed by atoms with Crippen LogP contribution in [-0.2, 0) is 75.1 Å². The molecule has 754 valence electrons. The molecule has 27 heteroatoms. The Bertz CT molecular complexity index is 3480. The molecule has 18 atom stereocenters. The van der Waals surface area contributed by atoms with Crippen molar-refractivity contribution in [1.29, 1.82) is 0 Å². The number of benzene rings is 2. The molecular formula is C104H192Li2O22Si3. The summed E-state index contributed by atoms with van der Waals surface area (Å²) in [6, 6.07) is 25.8. The molecule has 3 heterocycles. The number of hydrogen-bond acceptors (Lipinski definition) is 22. The van der Waals surface area contributed by atoms with Gasteiger partial charge < -0.3 is 78.5 Å². The van der Waals surface area contributed by atoms with Crippen LogP contribution in [0.5, 0.6) is 0 Å². The normalized spacial score (nSPS) is 29.5. The van der Waals surface area contributed by atoms with E-state index in [1.807, 2.05) is 83.3 Å². The van der Waals surface area contributed by atoms with Crippen molar-refractivity contribution in [3.05, 3.63) is 101 Å². The summed E-state index contributed by atoms with van der Waals surface area (Å²) in [7, 11) is -2.66. The van der Waals surface area contributed by atoms with E-state index in [2.05, 4.69) is 94.7 Å². The van der Waals surface area contributed by atoms with Gasteiger partial charge in [0, 0.05) is 83.0 Å². The van der Waals surface area contributed by atoms with Crippen molar-refractivity contribution in [2.75, 3.05) is 40.6 Å². The van der Waals surface area contributed by atoms with E-state index in [4.69, 9.17) is 46.4 Å². The number of aliphatic hydroxyl groups excluding tert-OH is 1. The number of methoxy groups -OCH3 is 1. The first-order valence-corrected chi connectivity index (χ1v) is 53.2. The van der Waals surface area contributed by atoms with Gasteiger partial charge in [-0.2, -0.15) is 6.42 Å². The fraction of sp³-hybridized carbons (Fsp3) is 0.769. The number of Topliss-reactive ketones (excluding diaryl/α,β-unsaturated/α-hetero) is 2. The minimum absolute atomic E-state index is 0. The maximum absolute atomic E-state index is 15.4. The van der Waals surface area contributed by atoms with E-state index in [1.165, 1.54) is 78.1 Å². The van der Waals surface area contributed by atoms with Crippen LogP contribution in [0.3, 0.4) is 0 Å². The average molecular weight is 1890 g/mol. The summed E-state index contributed by atoms with van der Waals surface area (Å²) in [6.07, 6.45) is -0.141. The molecule has 0 aromatic heterocycles. The second kappa shape index (κ2) is 60.1. The van der Waals surface area contributed by atoms with Crippen LogP contribution in [0.4, 0.5) is 0 Å². The Morgan fingerprint density at radius 3 is 1.02 bits per heavy atom. The third-order valence-corrected chi connectivity index (χ3v) is 43.4. The molecule has 3 N–H and O–H groups in total. The first kappa shape index (κ1) is 140. The smallest absolute Gasteiger partial charge is 0.849 e. The predicted octanol–water partition coefficient (Wildman–Crippen LogP) is 17.3. The van der Waals surface area contributed by atoms with E-state index >= 15 is 9.59 Å². The van der Waals surface area contributed by atoms with Gasteiger partial charge in [0.2, 0.25) is 0 Å². The van der Waals surface area contributed by atoms with E-state index in [0.29, 0.717) is 35.1 Å². The van der Waals surface area contributed by atoms with Gasteiger partial charge >= 0.3 is 67.6 Å². The molecule has 7 fully saturated rings. The van der Waals surface area contributed by atoms with Gasteiger partial charge in [-0.05, 0) is 137 Å². The number of hydrogen-bond donors (Lipinski definition) is 3. The van der Waals surface area contributed by atoms with Crippen LogP contribution in [0.25, 0.3) is 0 Å². The van der Waals surface area contributed by atoms with Crippen LogP contribution < -0.4 is 42.8 Å². The minimum Gasteiger partial charge on any atom is -0.849 e. The zero-order valence-electron chi connectivity index (χ0n) is 81.8. The standard InChI is InChI=1S/C36H52O9Si.C36H51O9Si.C7H18OSi.C4H8O.C4H10.C4H9.C3H6O2.C2H6.8CH4.2Li/c2*1-10-46(11-2,12-3)45-26-18-27-35(20-42-27,44-23(6)37)29-31(43-32(40)24-16-14-13-15-17-24)36(41)19-25(38)21(4)28(33(36,7)8)22(5)30(39)34(26,29)9;1-5-9(6-2,7-3)8-4;1-2-4-5-3-1;2*1-3-4-2;1-3(4)5-2;1-2;;;;;;;;;;/h13-17,22,25-27,29,31,38,41H,10-12,18-20H2,1-9H3;13-17,22,25-27,29,31,41H,10-12,18-20H2,1-9H3;5-7H2,1-4H3;1-4H2;3-4H2,1-2H3;1,3-4H2,2H3;1-2H3;1-2H3;8*1H4;;/q;-1;;;;-1;;;;;;;;;;;2*+1/t2*22-,25+,26+,27-,29+,31+,34-,35+,36-;;;;;;;;;;;;;;;;/m11................/s1. The van der Waals surface area contributed by atoms with Crippen molar-refractivity contribution >= 4 is 66.4 Å². The number of unbranched alkanes of at least 4 members (excludes halogenated alkanes) is 2. The molecule has 3 saturated heterocycles. The molecule has 6 aliphatic carbocycles. The van der Waals surface area contributed by atoms with E-state index in [1.54, 1.807) is 67.6 Å². The molecule has 11 rings (SSSR count). The van der Waals surface area contributed by atoms with Gasteiger partial charge in [0.05, 0.1) is 72.4 Å². The van der Waals surface area contributed by atoms with Gasteiger partial charge in [-0.15, -0.1) is 6.10 Å². The molecule has 0 spiro atoms. The van der Waals surface area contributed by atoms with Crippen LogP contribution in [0.15, 0.2) is 83.0 Å². The zero-order chi connectivity index (χ0) is 92.0. The Kier molecular flexibility index (Phi) is 64.3. The number of rotatable bonds is 22. The Hall–Kier alpha value is -3.94. The van der Waals surface area contributed by atoms with Crippen molar-refractivity contribution < 1.29 is 143 Å². The Morgan fingerprint density at radius 1 is 0.496 bits per heavy atom. The SMILES string of the molecule is C.C.C.C.C.C.C.C.C1CCOC1.CC.CCCC.CC[Si](CC)(CC)OC.CC[Si](CC)(CC)O[C@H]1C[C@H]2OC[C@@]2(OC(C)=O)[C@H]2[C@H](OC(=O)c3ccccc3)[C@]3(O)C[C@H](O)C(C)=C([C@@H](C)C(=O)[C@]12C)C3(C)C.CC[Si](CC)(CC)O[C@H]1C[C@H]2OC[C@@]2(OC(C)=O)[C@H]2[C@H](OC(=O)c3ccccc3)[C@]3(O)C[C@H]([O-])C(C)=C([C@@H](C)C(=O)[C@]12C)C3(C)C.COC(C)=O.[CH2-]CCC.[Li+].[Li+]. The topological polar surface area (TPSA) is 305 Å². The fourth-order valence-corrected chi connectivity index (χ4v) is 29.2.